The van der Waals surface area contributed by atoms with Gasteiger partial charge in [-0.05, 0) is 60.2 Å². The third-order valence-electron chi connectivity index (χ3n) is 6.17. The minimum atomic E-state index is -0.664. The molecule has 1 amide bonds. The second kappa shape index (κ2) is 7.41. The van der Waals surface area contributed by atoms with Crippen LogP contribution in [0.4, 0.5) is 5.95 Å². The molecular formula is C26H23N3O3. The summed E-state index contributed by atoms with van der Waals surface area (Å²) in [6, 6.07) is 12.7. The van der Waals surface area contributed by atoms with Crippen LogP contribution in [-0.4, -0.2) is 15.9 Å². The fraction of sp³-hybridized carbons (Fsp3) is 0.231. The van der Waals surface area contributed by atoms with E-state index in [9.17, 15) is 9.59 Å². The van der Waals surface area contributed by atoms with E-state index in [0.29, 0.717) is 22.5 Å². The van der Waals surface area contributed by atoms with Crippen LogP contribution in [0.2, 0.25) is 0 Å². The van der Waals surface area contributed by atoms with Crippen molar-refractivity contribution in [2.75, 3.05) is 4.90 Å². The molecule has 0 fully saturated rings. The molecule has 1 aliphatic heterocycles. The second-order valence-electron chi connectivity index (χ2n) is 8.55. The number of nitrogens with zero attached hydrogens (tertiary/aromatic N) is 3. The van der Waals surface area contributed by atoms with E-state index in [2.05, 4.69) is 23.8 Å². The molecule has 1 unspecified atom stereocenters. The largest absolute Gasteiger partial charge is 0.450 e. The summed E-state index contributed by atoms with van der Waals surface area (Å²) in [5.41, 5.74) is 4.52. The quantitative estimate of drug-likeness (QED) is 0.458. The highest BCUT2D eigenvalue weighted by Crippen LogP contribution is 2.40. The van der Waals surface area contributed by atoms with Gasteiger partial charge in [-0.3, -0.25) is 14.5 Å². The smallest absolute Gasteiger partial charge is 0.297 e. The van der Waals surface area contributed by atoms with Crippen molar-refractivity contribution in [2.24, 2.45) is 0 Å². The summed E-state index contributed by atoms with van der Waals surface area (Å²) in [5.74, 6) is 0.241. The van der Waals surface area contributed by atoms with E-state index in [-0.39, 0.29) is 17.1 Å². The van der Waals surface area contributed by atoms with Crippen LogP contribution in [-0.2, 0) is 0 Å². The molecule has 2 aromatic carbocycles. The highest BCUT2D eigenvalue weighted by molar-refractivity contribution is 6.09. The second-order valence-corrected chi connectivity index (χ2v) is 8.55. The van der Waals surface area contributed by atoms with Crippen molar-refractivity contribution in [3.8, 4) is 0 Å². The van der Waals surface area contributed by atoms with Crippen LogP contribution in [0.5, 0.6) is 0 Å². The number of aromatic nitrogens is 2. The number of hydrogen-bond acceptors (Lipinski definition) is 5. The molecule has 5 rings (SSSR count). The van der Waals surface area contributed by atoms with Gasteiger partial charge >= 0.3 is 0 Å². The Morgan fingerprint density at radius 3 is 2.28 bits per heavy atom. The van der Waals surface area contributed by atoms with Crippen molar-refractivity contribution < 1.29 is 9.21 Å². The molecule has 0 saturated heterocycles. The predicted octanol–water partition coefficient (Wildman–Crippen LogP) is 5.07. The molecule has 0 saturated carbocycles. The zero-order valence-corrected chi connectivity index (χ0v) is 18.4. The van der Waals surface area contributed by atoms with Gasteiger partial charge in [0.1, 0.15) is 5.58 Å². The highest BCUT2D eigenvalue weighted by Gasteiger charge is 2.44. The lowest BCUT2D eigenvalue weighted by Gasteiger charge is -2.23. The molecule has 1 atom stereocenters. The van der Waals surface area contributed by atoms with E-state index in [1.54, 1.807) is 18.5 Å². The molecule has 0 aliphatic carbocycles. The summed E-state index contributed by atoms with van der Waals surface area (Å²) in [6.45, 7) is 8.16. The SMILES string of the molecule is Cc1cc2oc3c(c(=O)c2cc1C)C(c1ccc(C(C)C)cc1)N(c1ncccn1)C3=O. The first kappa shape index (κ1) is 20.1. The molecule has 2 aromatic heterocycles. The van der Waals surface area contributed by atoms with Crippen LogP contribution in [0.1, 0.15) is 64.2 Å². The maximum Gasteiger partial charge on any atom is 0.297 e. The molecule has 32 heavy (non-hydrogen) atoms. The maximum atomic E-state index is 13.7. The number of carbonyl (C=O) groups is 1. The summed E-state index contributed by atoms with van der Waals surface area (Å²) in [4.78, 5) is 37.2. The fourth-order valence-electron chi connectivity index (χ4n) is 4.23. The molecule has 0 radical (unpaired) electrons. The number of rotatable bonds is 3. The number of amides is 1. The van der Waals surface area contributed by atoms with Crippen LogP contribution >= 0.6 is 0 Å². The Bertz CT molecular complexity index is 1410. The Hall–Kier alpha value is -3.80. The number of hydrogen-bond donors (Lipinski definition) is 0. The van der Waals surface area contributed by atoms with Gasteiger partial charge in [0, 0.05) is 12.4 Å². The van der Waals surface area contributed by atoms with Crippen molar-refractivity contribution in [2.45, 2.75) is 39.7 Å². The van der Waals surface area contributed by atoms with Crippen LogP contribution in [0, 0.1) is 13.8 Å². The Kier molecular flexibility index (Phi) is 4.66. The van der Waals surface area contributed by atoms with Gasteiger partial charge in [0.2, 0.25) is 11.7 Å². The zero-order chi connectivity index (χ0) is 22.6. The molecule has 0 bridgehead atoms. The average Bonchev–Trinajstić information content (AvgIpc) is 3.08. The summed E-state index contributed by atoms with van der Waals surface area (Å²) in [5, 5.41) is 0.472. The molecule has 4 aromatic rings. The lowest BCUT2D eigenvalue weighted by Crippen LogP contribution is -2.31. The normalized spacial score (nSPS) is 15.6. The molecule has 0 N–H and O–H groups in total. The molecule has 0 spiro atoms. The van der Waals surface area contributed by atoms with Gasteiger partial charge in [-0.1, -0.05) is 38.1 Å². The van der Waals surface area contributed by atoms with Gasteiger partial charge in [-0.25, -0.2) is 9.97 Å². The van der Waals surface area contributed by atoms with E-state index in [4.69, 9.17) is 4.42 Å². The number of fused-ring (bicyclic) bond motifs is 2. The molecule has 160 valence electrons. The third kappa shape index (κ3) is 3.02. The van der Waals surface area contributed by atoms with Crippen molar-refractivity contribution >= 4 is 22.8 Å². The summed E-state index contributed by atoms with van der Waals surface area (Å²) in [7, 11) is 0. The van der Waals surface area contributed by atoms with Crippen molar-refractivity contribution in [3.63, 3.8) is 0 Å². The summed E-state index contributed by atoms with van der Waals surface area (Å²) < 4.78 is 6.05. The van der Waals surface area contributed by atoms with Gasteiger partial charge in [0.25, 0.3) is 5.91 Å². The van der Waals surface area contributed by atoms with Crippen LogP contribution in [0.15, 0.2) is 64.1 Å². The predicted molar refractivity (Wildman–Crippen MR) is 123 cm³/mol. The number of aryl methyl sites for hydroxylation is 2. The van der Waals surface area contributed by atoms with Crippen molar-refractivity contribution in [3.05, 3.63) is 98.7 Å². The Morgan fingerprint density at radius 1 is 0.969 bits per heavy atom. The van der Waals surface area contributed by atoms with E-state index < -0.39 is 11.9 Å². The van der Waals surface area contributed by atoms with Gasteiger partial charge in [0.15, 0.2) is 5.43 Å². The molecule has 6 nitrogen and oxygen atoms in total. The van der Waals surface area contributed by atoms with Crippen molar-refractivity contribution in [1.29, 1.82) is 0 Å². The first-order chi connectivity index (χ1) is 15.4. The van der Waals surface area contributed by atoms with Gasteiger partial charge < -0.3 is 4.42 Å². The van der Waals surface area contributed by atoms with Gasteiger partial charge in [-0.2, -0.15) is 0 Å². The van der Waals surface area contributed by atoms with E-state index in [0.717, 1.165) is 16.7 Å². The Balaban J connectivity index is 1.79. The molecular weight excluding hydrogens is 402 g/mol. The number of carbonyl (C=O) groups excluding carboxylic acids is 1. The maximum absolute atomic E-state index is 13.7. The third-order valence-corrected chi connectivity index (χ3v) is 6.17. The lowest BCUT2D eigenvalue weighted by atomic mass is 9.95. The number of benzene rings is 2. The highest BCUT2D eigenvalue weighted by atomic mass is 16.3. The van der Waals surface area contributed by atoms with Crippen LogP contribution < -0.4 is 10.3 Å². The number of anilines is 1. The minimum Gasteiger partial charge on any atom is -0.450 e. The molecule has 6 heteroatoms. The first-order valence-corrected chi connectivity index (χ1v) is 10.6. The first-order valence-electron chi connectivity index (χ1n) is 10.6. The van der Waals surface area contributed by atoms with E-state index in [1.807, 2.05) is 50.2 Å². The topological polar surface area (TPSA) is 76.3 Å². The average molecular weight is 425 g/mol. The molecule has 1 aliphatic rings. The van der Waals surface area contributed by atoms with Gasteiger partial charge in [-0.15, -0.1) is 0 Å². The summed E-state index contributed by atoms with van der Waals surface area (Å²) in [6.07, 6.45) is 3.16. The standard InChI is InChI=1S/C26H23N3O3/c1-14(2)17-6-8-18(9-7-17)22-21-23(30)19-12-15(3)16(4)13-20(19)32-24(21)25(31)29(22)26-27-10-5-11-28-26/h5-14,22H,1-4H3. The van der Waals surface area contributed by atoms with Crippen LogP contribution in [0.25, 0.3) is 11.0 Å². The minimum absolute atomic E-state index is 0.0520. The van der Waals surface area contributed by atoms with Crippen molar-refractivity contribution in [1.82, 2.24) is 9.97 Å². The Labute approximate surface area is 185 Å². The van der Waals surface area contributed by atoms with Gasteiger partial charge in [0.05, 0.1) is 17.0 Å². The monoisotopic (exact) mass is 425 g/mol. The van der Waals surface area contributed by atoms with E-state index in [1.165, 1.54) is 10.5 Å². The zero-order valence-electron chi connectivity index (χ0n) is 18.4. The lowest BCUT2D eigenvalue weighted by molar-refractivity contribution is 0.0969. The molecule has 3 heterocycles. The fourth-order valence-corrected chi connectivity index (χ4v) is 4.23. The van der Waals surface area contributed by atoms with E-state index >= 15 is 0 Å². The Morgan fingerprint density at radius 2 is 1.62 bits per heavy atom. The summed E-state index contributed by atoms with van der Waals surface area (Å²) >= 11 is 0. The van der Waals surface area contributed by atoms with Crippen LogP contribution in [0.3, 0.4) is 0 Å².